The van der Waals surface area contributed by atoms with Crippen molar-refractivity contribution in [2.45, 2.75) is 126 Å². The monoisotopic (exact) mass is 468 g/mol. The van der Waals surface area contributed by atoms with E-state index in [1.54, 1.807) is 6.92 Å². The van der Waals surface area contributed by atoms with Gasteiger partial charge in [-0.3, -0.25) is 4.79 Å². The molecule has 192 valence electrons. The van der Waals surface area contributed by atoms with Crippen LogP contribution in [0.2, 0.25) is 0 Å². The number of ether oxygens (including phenoxy) is 1. The van der Waals surface area contributed by atoms with Crippen molar-refractivity contribution in [2.75, 3.05) is 0 Å². The topological polar surface area (TPSA) is 26.3 Å². The van der Waals surface area contributed by atoms with Crippen LogP contribution in [-0.4, -0.2) is 12.1 Å². The van der Waals surface area contributed by atoms with Crippen LogP contribution in [0, 0.1) is 56.7 Å². The minimum absolute atomic E-state index is 0.0541. The van der Waals surface area contributed by atoms with Crippen molar-refractivity contribution in [2.24, 2.45) is 56.7 Å². The maximum atomic E-state index is 11.9. The Morgan fingerprint density at radius 1 is 0.853 bits per heavy atom. The van der Waals surface area contributed by atoms with E-state index in [0.717, 1.165) is 24.2 Å². The third-order valence-electron chi connectivity index (χ3n) is 13.8. The molecule has 0 bridgehead atoms. The predicted octanol–water partition coefficient (Wildman–Crippen LogP) is 8.60. The molecule has 34 heavy (non-hydrogen) atoms. The Morgan fingerprint density at radius 2 is 1.56 bits per heavy atom. The predicted molar refractivity (Wildman–Crippen MR) is 140 cm³/mol. The maximum Gasteiger partial charge on any atom is 0.302 e. The quantitative estimate of drug-likeness (QED) is 0.284. The number of hydrogen-bond acceptors (Lipinski definition) is 2. The van der Waals surface area contributed by atoms with Crippen molar-refractivity contribution < 1.29 is 9.53 Å². The molecular formula is C32H52O2. The first-order valence-electron chi connectivity index (χ1n) is 14.6. The SMILES string of the molecule is C=C1CC[C@]2(C)CC[C@]3(C)[C@H](CC[C@H]4[C@@]5(C)CC[C@H](OC(C)=O)C(C)(C)[C@@H]5CC[C@]43C)[C@H]2[C@@H]1C. The molecule has 0 radical (unpaired) electrons. The minimum Gasteiger partial charge on any atom is -0.462 e. The lowest BCUT2D eigenvalue weighted by Gasteiger charge is -2.73. The number of carbonyl (C=O) groups is 1. The van der Waals surface area contributed by atoms with E-state index in [2.05, 4.69) is 55.0 Å². The summed E-state index contributed by atoms with van der Waals surface area (Å²) in [6.07, 6.45) is 13.2. The van der Waals surface area contributed by atoms with Gasteiger partial charge in [-0.25, -0.2) is 0 Å². The largest absolute Gasteiger partial charge is 0.462 e. The zero-order valence-electron chi connectivity index (χ0n) is 23.6. The van der Waals surface area contributed by atoms with Gasteiger partial charge in [0.2, 0.25) is 0 Å². The molecule has 0 amide bonds. The molecule has 5 rings (SSSR count). The average Bonchev–Trinajstić information content (AvgIpc) is 2.74. The van der Waals surface area contributed by atoms with Crippen LogP contribution < -0.4 is 0 Å². The van der Waals surface area contributed by atoms with Gasteiger partial charge in [0.1, 0.15) is 6.10 Å². The van der Waals surface area contributed by atoms with Gasteiger partial charge in [0.05, 0.1) is 0 Å². The second-order valence-electron chi connectivity index (χ2n) is 15.3. The normalized spacial score (nSPS) is 54.2. The zero-order valence-corrected chi connectivity index (χ0v) is 23.6. The molecule has 2 nitrogen and oxygen atoms in total. The van der Waals surface area contributed by atoms with Crippen LogP contribution in [0.25, 0.3) is 0 Å². The first-order chi connectivity index (χ1) is 15.7. The number of rotatable bonds is 1. The van der Waals surface area contributed by atoms with Crippen molar-refractivity contribution in [3.05, 3.63) is 12.2 Å². The fourth-order valence-electron chi connectivity index (χ4n) is 11.8. The molecule has 5 aliphatic carbocycles. The summed E-state index contributed by atoms with van der Waals surface area (Å²) >= 11 is 0. The summed E-state index contributed by atoms with van der Waals surface area (Å²) in [5.41, 5.74) is 3.28. The van der Waals surface area contributed by atoms with Crippen LogP contribution in [0.3, 0.4) is 0 Å². The Balaban J connectivity index is 1.50. The van der Waals surface area contributed by atoms with Crippen LogP contribution in [0.5, 0.6) is 0 Å². The minimum atomic E-state index is -0.108. The molecule has 0 N–H and O–H groups in total. The number of carbonyl (C=O) groups excluding carboxylic acids is 1. The molecular weight excluding hydrogens is 416 g/mol. The van der Waals surface area contributed by atoms with E-state index in [-0.39, 0.29) is 17.5 Å². The second-order valence-corrected chi connectivity index (χ2v) is 15.3. The summed E-state index contributed by atoms with van der Waals surface area (Å²) in [5, 5.41) is 0. The Kier molecular flexibility index (Phi) is 5.57. The molecule has 5 saturated carbocycles. The van der Waals surface area contributed by atoms with Gasteiger partial charge < -0.3 is 4.74 Å². The van der Waals surface area contributed by atoms with Gasteiger partial charge in [-0.2, -0.15) is 0 Å². The van der Waals surface area contributed by atoms with Crippen LogP contribution in [0.4, 0.5) is 0 Å². The highest BCUT2D eigenvalue weighted by Crippen LogP contribution is 2.77. The fourth-order valence-corrected chi connectivity index (χ4v) is 11.8. The summed E-state index contributed by atoms with van der Waals surface area (Å²) in [5.74, 6) is 3.64. The van der Waals surface area contributed by atoms with Gasteiger partial charge in [-0.05, 0) is 115 Å². The summed E-state index contributed by atoms with van der Waals surface area (Å²) in [6.45, 7) is 24.2. The number of allylic oxidation sites excluding steroid dienone is 1. The molecule has 2 heteroatoms. The molecule has 0 heterocycles. The molecule has 0 aliphatic heterocycles. The third-order valence-corrected chi connectivity index (χ3v) is 13.8. The zero-order chi connectivity index (χ0) is 24.9. The summed E-state index contributed by atoms with van der Waals surface area (Å²) in [6, 6.07) is 0. The number of fused-ring (bicyclic) bond motifs is 7. The third kappa shape index (κ3) is 3.08. The van der Waals surface area contributed by atoms with Crippen molar-refractivity contribution >= 4 is 5.97 Å². The first-order valence-corrected chi connectivity index (χ1v) is 14.6. The second kappa shape index (κ2) is 7.61. The average molecular weight is 469 g/mol. The lowest BCUT2D eigenvalue weighted by molar-refractivity contribution is -0.253. The van der Waals surface area contributed by atoms with Crippen LogP contribution in [0.15, 0.2) is 12.2 Å². The van der Waals surface area contributed by atoms with Gasteiger partial charge in [-0.1, -0.05) is 60.6 Å². The highest BCUT2D eigenvalue weighted by molar-refractivity contribution is 5.66. The molecule has 0 aromatic heterocycles. The van der Waals surface area contributed by atoms with Gasteiger partial charge in [0, 0.05) is 12.3 Å². The Labute approximate surface area is 210 Å². The van der Waals surface area contributed by atoms with E-state index < -0.39 is 0 Å². The molecule has 0 unspecified atom stereocenters. The highest BCUT2D eigenvalue weighted by Gasteiger charge is 2.70. The smallest absolute Gasteiger partial charge is 0.302 e. The Hall–Kier alpha value is -0.790. The molecule has 0 aromatic carbocycles. The lowest BCUT2D eigenvalue weighted by atomic mass is 9.31. The standard InChI is InChI=1S/C32H52O2/c1-20-12-15-29(6)18-19-31(8)23(27(29)21(20)2)10-11-25-30(7)16-14-26(34-22(3)33)28(4,5)24(30)13-17-32(25,31)9/h21,23-27H,1,10-19H2,2-9H3/t21-,23-,24+,25+,26+,27-,29-,30+,31-,32-/m1/s1. The van der Waals surface area contributed by atoms with Gasteiger partial charge in [-0.15, -0.1) is 0 Å². The first kappa shape index (κ1) is 24.9. The Morgan fingerprint density at radius 3 is 2.24 bits per heavy atom. The van der Waals surface area contributed by atoms with E-state index in [0.29, 0.717) is 33.5 Å². The van der Waals surface area contributed by atoms with E-state index in [9.17, 15) is 4.79 Å². The van der Waals surface area contributed by atoms with Gasteiger partial charge in [0.15, 0.2) is 0 Å². The van der Waals surface area contributed by atoms with Crippen LogP contribution in [-0.2, 0) is 9.53 Å². The van der Waals surface area contributed by atoms with Crippen molar-refractivity contribution in [3.63, 3.8) is 0 Å². The molecule has 0 aromatic rings. The molecule has 0 spiro atoms. The summed E-state index contributed by atoms with van der Waals surface area (Å²) in [7, 11) is 0. The van der Waals surface area contributed by atoms with Crippen LogP contribution >= 0.6 is 0 Å². The Bertz CT molecular complexity index is 872. The van der Waals surface area contributed by atoms with Crippen molar-refractivity contribution in [1.29, 1.82) is 0 Å². The van der Waals surface area contributed by atoms with Crippen molar-refractivity contribution in [3.8, 4) is 0 Å². The number of hydrogen-bond donors (Lipinski definition) is 0. The molecule has 0 saturated heterocycles. The highest BCUT2D eigenvalue weighted by atomic mass is 16.5. The van der Waals surface area contributed by atoms with E-state index in [1.165, 1.54) is 63.4 Å². The van der Waals surface area contributed by atoms with E-state index >= 15 is 0 Å². The van der Waals surface area contributed by atoms with Crippen LogP contribution in [0.1, 0.15) is 120 Å². The number of esters is 1. The van der Waals surface area contributed by atoms with E-state index in [4.69, 9.17) is 4.74 Å². The van der Waals surface area contributed by atoms with Gasteiger partial charge in [0.25, 0.3) is 0 Å². The molecule has 5 fully saturated rings. The molecule has 10 atom stereocenters. The van der Waals surface area contributed by atoms with E-state index in [1.807, 2.05) is 0 Å². The molecule has 5 aliphatic rings. The van der Waals surface area contributed by atoms with Crippen molar-refractivity contribution in [1.82, 2.24) is 0 Å². The summed E-state index contributed by atoms with van der Waals surface area (Å²) < 4.78 is 5.91. The van der Waals surface area contributed by atoms with Gasteiger partial charge >= 0.3 is 5.97 Å². The fraction of sp³-hybridized carbons (Fsp3) is 0.906. The maximum absolute atomic E-state index is 11.9. The summed E-state index contributed by atoms with van der Waals surface area (Å²) in [4.78, 5) is 11.9. The lowest BCUT2D eigenvalue weighted by Crippen LogP contribution is -2.67.